The first-order chi connectivity index (χ1) is 10.9. The molecule has 0 bridgehead atoms. The van der Waals surface area contributed by atoms with Crippen LogP contribution in [0.2, 0.25) is 5.02 Å². The highest BCUT2D eigenvalue weighted by Crippen LogP contribution is 2.23. The standard InChI is InChI=1S/C15H14ClN3O4/c16-11-4-1-9(2-5-11)13(8-20)18-15(21)10-3-6-12(17)14(7-10)19(22)23/h1-7,13,20H,8,17H2,(H,18,21). The number of hydrogen-bond acceptors (Lipinski definition) is 5. The summed E-state index contributed by atoms with van der Waals surface area (Å²) in [7, 11) is 0. The predicted octanol–water partition coefficient (Wildman–Crippen LogP) is 2.29. The average molecular weight is 336 g/mol. The van der Waals surface area contributed by atoms with Gasteiger partial charge in [-0.15, -0.1) is 0 Å². The Balaban J connectivity index is 2.21. The van der Waals surface area contributed by atoms with Crippen LogP contribution < -0.4 is 11.1 Å². The number of aliphatic hydroxyl groups excluding tert-OH is 1. The number of carbonyl (C=O) groups is 1. The molecule has 0 heterocycles. The number of hydrogen-bond donors (Lipinski definition) is 3. The predicted molar refractivity (Wildman–Crippen MR) is 86.3 cm³/mol. The van der Waals surface area contributed by atoms with E-state index in [-0.39, 0.29) is 23.5 Å². The number of nitrogens with zero attached hydrogens (tertiary/aromatic N) is 1. The van der Waals surface area contributed by atoms with E-state index in [0.29, 0.717) is 10.6 Å². The highest BCUT2D eigenvalue weighted by molar-refractivity contribution is 6.30. The van der Waals surface area contributed by atoms with Crippen LogP contribution in [0.4, 0.5) is 11.4 Å². The minimum absolute atomic E-state index is 0.0250. The number of aliphatic hydroxyl groups is 1. The smallest absolute Gasteiger partial charge is 0.292 e. The third-order valence-electron chi connectivity index (χ3n) is 3.25. The van der Waals surface area contributed by atoms with Crippen LogP contribution in [0.1, 0.15) is 22.0 Å². The lowest BCUT2D eigenvalue weighted by Crippen LogP contribution is -2.30. The molecule has 0 spiro atoms. The van der Waals surface area contributed by atoms with E-state index < -0.39 is 16.9 Å². The number of amides is 1. The number of nitrogen functional groups attached to an aromatic ring is 1. The summed E-state index contributed by atoms with van der Waals surface area (Å²) in [4.78, 5) is 22.4. The van der Waals surface area contributed by atoms with Gasteiger partial charge in [0.25, 0.3) is 11.6 Å². The molecule has 1 unspecified atom stereocenters. The van der Waals surface area contributed by atoms with Crippen LogP contribution in [0, 0.1) is 10.1 Å². The Kier molecular flexibility index (Phi) is 5.15. The largest absolute Gasteiger partial charge is 0.394 e. The highest BCUT2D eigenvalue weighted by Gasteiger charge is 2.19. The number of carbonyl (C=O) groups excluding carboxylic acids is 1. The van der Waals surface area contributed by atoms with Crippen molar-refractivity contribution in [2.75, 3.05) is 12.3 Å². The Morgan fingerprint density at radius 3 is 2.52 bits per heavy atom. The summed E-state index contributed by atoms with van der Waals surface area (Å²) in [5.41, 5.74) is 5.87. The van der Waals surface area contributed by atoms with Gasteiger partial charge in [-0.1, -0.05) is 23.7 Å². The third kappa shape index (κ3) is 3.97. The van der Waals surface area contributed by atoms with Crippen molar-refractivity contribution in [3.8, 4) is 0 Å². The number of nitrogens with two attached hydrogens (primary N) is 1. The molecule has 0 aliphatic heterocycles. The summed E-state index contributed by atoms with van der Waals surface area (Å²) in [6, 6.07) is 9.75. The molecule has 0 radical (unpaired) electrons. The third-order valence-corrected chi connectivity index (χ3v) is 3.50. The van der Waals surface area contributed by atoms with Gasteiger partial charge in [0, 0.05) is 16.7 Å². The molecule has 0 aromatic heterocycles. The van der Waals surface area contributed by atoms with Crippen molar-refractivity contribution in [3.63, 3.8) is 0 Å². The molecular formula is C15H14ClN3O4. The summed E-state index contributed by atoms with van der Waals surface area (Å²) in [6.07, 6.45) is 0. The molecule has 0 saturated heterocycles. The van der Waals surface area contributed by atoms with Crippen LogP contribution in [0.3, 0.4) is 0 Å². The van der Waals surface area contributed by atoms with Crippen LogP contribution in [0.25, 0.3) is 0 Å². The van der Waals surface area contributed by atoms with Crippen molar-refractivity contribution in [2.24, 2.45) is 0 Å². The lowest BCUT2D eigenvalue weighted by atomic mass is 10.1. The fraction of sp³-hybridized carbons (Fsp3) is 0.133. The zero-order valence-corrected chi connectivity index (χ0v) is 12.7. The number of nitro groups is 1. The van der Waals surface area contributed by atoms with Crippen molar-refractivity contribution < 1.29 is 14.8 Å². The fourth-order valence-electron chi connectivity index (χ4n) is 2.01. The molecular weight excluding hydrogens is 322 g/mol. The summed E-state index contributed by atoms with van der Waals surface area (Å²) >= 11 is 5.80. The molecule has 0 aliphatic rings. The summed E-state index contributed by atoms with van der Waals surface area (Å²) in [5, 5.41) is 23.5. The number of rotatable bonds is 5. The summed E-state index contributed by atoms with van der Waals surface area (Å²) < 4.78 is 0. The van der Waals surface area contributed by atoms with Crippen LogP contribution in [0.5, 0.6) is 0 Å². The molecule has 1 amide bonds. The zero-order chi connectivity index (χ0) is 17.0. The van der Waals surface area contributed by atoms with Crippen LogP contribution in [-0.4, -0.2) is 22.5 Å². The molecule has 7 nitrogen and oxygen atoms in total. The van der Waals surface area contributed by atoms with Gasteiger partial charge in [0.05, 0.1) is 17.6 Å². The van der Waals surface area contributed by atoms with Gasteiger partial charge in [0.1, 0.15) is 5.69 Å². The second-order valence-electron chi connectivity index (χ2n) is 4.79. The molecule has 120 valence electrons. The minimum atomic E-state index is -0.658. The van der Waals surface area contributed by atoms with E-state index in [1.54, 1.807) is 24.3 Å². The SMILES string of the molecule is Nc1ccc(C(=O)NC(CO)c2ccc(Cl)cc2)cc1[N+](=O)[O-]. The highest BCUT2D eigenvalue weighted by atomic mass is 35.5. The van der Waals surface area contributed by atoms with E-state index in [2.05, 4.69) is 5.32 Å². The molecule has 8 heteroatoms. The van der Waals surface area contributed by atoms with E-state index in [9.17, 15) is 20.0 Å². The lowest BCUT2D eigenvalue weighted by Gasteiger charge is -2.17. The van der Waals surface area contributed by atoms with Gasteiger partial charge in [0.15, 0.2) is 0 Å². The van der Waals surface area contributed by atoms with E-state index in [0.717, 1.165) is 6.07 Å². The van der Waals surface area contributed by atoms with E-state index in [4.69, 9.17) is 17.3 Å². The van der Waals surface area contributed by atoms with Gasteiger partial charge >= 0.3 is 0 Å². The monoisotopic (exact) mass is 335 g/mol. The van der Waals surface area contributed by atoms with E-state index in [1.165, 1.54) is 12.1 Å². The Morgan fingerprint density at radius 1 is 1.30 bits per heavy atom. The molecule has 2 aromatic rings. The maximum Gasteiger partial charge on any atom is 0.292 e. The van der Waals surface area contributed by atoms with Gasteiger partial charge in [0.2, 0.25) is 0 Å². The molecule has 0 fully saturated rings. The maximum atomic E-state index is 12.2. The van der Waals surface area contributed by atoms with E-state index >= 15 is 0 Å². The average Bonchev–Trinajstić information content (AvgIpc) is 2.53. The molecule has 0 saturated carbocycles. The quantitative estimate of drug-likeness (QED) is 0.440. The number of nitrogens with one attached hydrogen (secondary N) is 1. The lowest BCUT2D eigenvalue weighted by molar-refractivity contribution is -0.383. The van der Waals surface area contributed by atoms with Crippen LogP contribution in [0.15, 0.2) is 42.5 Å². The van der Waals surface area contributed by atoms with Gasteiger partial charge in [-0.3, -0.25) is 14.9 Å². The number of anilines is 1. The molecule has 4 N–H and O–H groups in total. The molecule has 2 aromatic carbocycles. The number of halogens is 1. The van der Waals surface area contributed by atoms with Crippen molar-refractivity contribution in [1.82, 2.24) is 5.32 Å². The molecule has 2 rings (SSSR count). The van der Waals surface area contributed by atoms with Gasteiger partial charge in [-0.2, -0.15) is 0 Å². The fourth-order valence-corrected chi connectivity index (χ4v) is 2.14. The van der Waals surface area contributed by atoms with Gasteiger partial charge < -0.3 is 16.2 Å². The first-order valence-corrected chi connectivity index (χ1v) is 7.01. The topological polar surface area (TPSA) is 118 Å². The second kappa shape index (κ2) is 7.08. The first-order valence-electron chi connectivity index (χ1n) is 6.63. The zero-order valence-electron chi connectivity index (χ0n) is 11.9. The van der Waals surface area contributed by atoms with Crippen molar-refractivity contribution in [3.05, 3.63) is 68.7 Å². The van der Waals surface area contributed by atoms with Crippen LogP contribution >= 0.6 is 11.6 Å². The van der Waals surface area contributed by atoms with Crippen molar-refractivity contribution in [1.29, 1.82) is 0 Å². The maximum absolute atomic E-state index is 12.2. The van der Waals surface area contributed by atoms with Crippen LogP contribution in [-0.2, 0) is 0 Å². The minimum Gasteiger partial charge on any atom is -0.394 e. The molecule has 1 atom stereocenters. The second-order valence-corrected chi connectivity index (χ2v) is 5.23. The number of nitro benzene ring substituents is 1. The Hall–Kier alpha value is -2.64. The van der Waals surface area contributed by atoms with Crippen molar-refractivity contribution >= 4 is 28.9 Å². The van der Waals surface area contributed by atoms with E-state index in [1.807, 2.05) is 0 Å². The summed E-state index contributed by atoms with van der Waals surface area (Å²) in [6.45, 7) is -0.329. The molecule has 0 aliphatic carbocycles. The Labute approximate surface area is 136 Å². The Bertz CT molecular complexity index is 734. The van der Waals surface area contributed by atoms with Gasteiger partial charge in [-0.25, -0.2) is 0 Å². The Morgan fingerprint density at radius 2 is 1.96 bits per heavy atom. The van der Waals surface area contributed by atoms with Crippen molar-refractivity contribution in [2.45, 2.75) is 6.04 Å². The van der Waals surface area contributed by atoms with Gasteiger partial charge in [-0.05, 0) is 29.8 Å². The first kappa shape index (κ1) is 16.7. The number of benzene rings is 2. The summed E-state index contributed by atoms with van der Waals surface area (Å²) in [5.74, 6) is -0.554. The normalized spacial score (nSPS) is 11.7. The molecule has 23 heavy (non-hydrogen) atoms.